The number of carbonyl (C=O) groups is 2. The van der Waals surface area contributed by atoms with Gasteiger partial charge in [-0.2, -0.15) is 0 Å². The lowest BCUT2D eigenvalue weighted by Gasteiger charge is -2.34. The average molecular weight is 648 g/mol. The minimum Gasteiger partial charge on any atom is -0.497 e. The van der Waals surface area contributed by atoms with E-state index >= 15 is 0 Å². The van der Waals surface area contributed by atoms with Crippen LogP contribution < -0.4 is 19.1 Å². The summed E-state index contributed by atoms with van der Waals surface area (Å²) in [7, 11) is -1.46. The van der Waals surface area contributed by atoms with Crippen molar-refractivity contribution in [1.82, 2.24) is 10.2 Å². The topological polar surface area (TPSA) is 105 Å². The quantitative estimate of drug-likeness (QED) is 0.202. The number of halogens is 1. The minimum atomic E-state index is -4.34. The van der Waals surface area contributed by atoms with E-state index < -0.39 is 40.2 Å². The van der Waals surface area contributed by atoms with Crippen LogP contribution in [0.1, 0.15) is 25.0 Å². The molecule has 0 aliphatic heterocycles. The number of ether oxygens (including phenoxy) is 2. The third-order valence-electron chi connectivity index (χ3n) is 7.25. The lowest BCUT2D eigenvalue weighted by atomic mass is 10.0. The molecule has 4 rings (SSSR count). The second-order valence-corrected chi connectivity index (χ2v) is 12.7. The predicted molar refractivity (Wildman–Crippen MR) is 175 cm³/mol. The molecule has 0 radical (unpaired) electrons. The molecule has 2 amide bonds. The van der Waals surface area contributed by atoms with Gasteiger partial charge in [-0.3, -0.25) is 13.9 Å². The smallest absolute Gasteiger partial charge is 0.264 e. The Morgan fingerprint density at radius 3 is 2.04 bits per heavy atom. The number of benzene rings is 4. The van der Waals surface area contributed by atoms with E-state index in [1.54, 1.807) is 24.3 Å². The van der Waals surface area contributed by atoms with Crippen LogP contribution in [-0.4, -0.2) is 58.0 Å². The van der Waals surface area contributed by atoms with Gasteiger partial charge < -0.3 is 19.7 Å². The number of methoxy groups -OCH3 is 2. The highest BCUT2D eigenvalue weighted by Crippen LogP contribution is 2.33. The molecule has 1 N–H and O–H groups in total. The highest BCUT2D eigenvalue weighted by molar-refractivity contribution is 7.92. The van der Waals surface area contributed by atoms with Crippen LogP contribution in [0.4, 0.5) is 10.1 Å². The van der Waals surface area contributed by atoms with Crippen LogP contribution in [-0.2, 0) is 32.6 Å². The fraction of sp³-hybridized carbons (Fsp3) is 0.257. The molecule has 4 aromatic carbocycles. The number of nitrogens with one attached hydrogen (secondary N) is 1. The summed E-state index contributed by atoms with van der Waals surface area (Å²) in [6.07, 6.45) is 0.159. The summed E-state index contributed by atoms with van der Waals surface area (Å²) in [6.45, 7) is 2.89. The van der Waals surface area contributed by atoms with Gasteiger partial charge >= 0.3 is 0 Å². The van der Waals surface area contributed by atoms with Gasteiger partial charge in [0.25, 0.3) is 10.0 Å². The zero-order chi connectivity index (χ0) is 33.3. The van der Waals surface area contributed by atoms with E-state index in [4.69, 9.17) is 9.47 Å². The molecule has 0 saturated heterocycles. The van der Waals surface area contributed by atoms with Crippen LogP contribution in [0.2, 0.25) is 0 Å². The molecule has 0 bridgehead atoms. The Hall–Kier alpha value is -4.90. The SMILES string of the molecule is COc1ccc(S(=O)(=O)N(CC(=O)N(Cc2ccc(F)cc2)[C@@H](Cc2ccccc2)C(=O)NC(C)C)c2ccccc2OC)cc1. The van der Waals surface area contributed by atoms with E-state index in [0.717, 1.165) is 9.87 Å². The molecule has 4 aromatic rings. The van der Waals surface area contributed by atoms with Crippen molar-refractivity contribution in [3.05, 3.63) is 120 Å². The number of sulfonamides is 1. The third-order valence-corrected chi connectivity index (χ3v) is 9.02. The van der Waals surface area contributed by atoms with Gasteiger partial charge in [-0.1, -0.05) is 54.6 Å². The van der Waals surface area contributed by atoms with E-state index in [1.807, 2.05) is 44.2 Å². The molecule has 9 nitrogen and oxygen atoms in total. The Morgan fingerprint density at radius 1 is 0.804 bits per heavy atom. The maximum atomic E-state index is 14.5. The Balaban J connectivity index is 1.83. The molecule has 0 aliphatic carbocycles. The zero-order valence-electron chi connectivity index (χ0n) is 26.2. The fourth-order valence-electron chi connectivity index (χ4n) is 4.95. The number of carbonyl (C=O) groups excluding carboxylic acids is 2. The molecular weight excluding hydrogens is 609 g/mol. The van der Waals surface area contributed by atoms with Crippen molar-refractivity contribution < 1.29 is 31.9 Å². The van der Waals surface area contributed by atoms with E-state index in [-0.39, 0.29) is 35.3 Å². The molecule has 0 fully saturated rings. The number of amides is 2. The van der Waals surface area contributed by atoms with Crippen molar-refractivity contribution >= 4 is 27.5 Å². The lowest BCUT2D eigenvalue weighted by molar-refractivity contribution is -0.140. The van der Waals surface area contributed by atoms with Gasteiger partial charge in [0.2, 0.25) is 11.8 Å². The molecule has 242 valence electrons. The van der Waals surface area contributed by atoms with Gasteiger partial charge in [0, 0.05) is 19.0 Å². The molecular formula is C35H38FN3O6S. The summed E-state index contributed by atoms with van der Waals surface area (Å²) in [5.74, 6) is -0.809. The second kappa shape index (κ2) is 15.4. The van der Waals surface area contributed by atoms with Crippen LogP contribution in [0.3, 0.4) is 0 Å². The first-order valence-corrected chi connectivity index (χ1v) is 16.2. The molecule has 0 unspecified atom stereocenters. The van der Waals surface area contributed by atoms with E-state index in [9.17, 15) is 22.4 Å². The number of anilines is 1. The summed E-state index contributed by atoms with van der Waals surface area (Å²) in [5.41, 5.74) is 1.50. The van der Waals surface area contributed by atoms with E-state index in [1.165, 1.54) is 67.7 Å². The fourth-order valence-corrected chi connectivity index (χ4v) is 6.37. The van der Waals surface area contributed by atoms with Crippen molar-refractivity contribution in [3.63, 3.8) is 0 Å². The van der Waals surface area contributed by atoms with E-state index in [0.29, 0.717) is 11.3 Å². The largest absolute Gasteiger partial charge is 0.497 e. The van der Waals surface area contributed by atoms with E-state index in [2.05, 4.69) is 5.32 Å². The molecule has 0 spiro atoms. The zero-order valence-corrected chi connectivity index (χ0v) is 27.0. The molecule has 46 heavy (non-hydrogen) atoms. The summed E-state index contributed by atoms with van der Waals surface area (Å²) in [5, 5.41) is 2.91. The first-order chi connectivity index (χ1) is 22.0. The number of nitrogens with zero attached hydrogens (tertiary/aromatic N) is 2. The van der Waals surface area contributed by atoms with Crippen molar-refractivity contribution in [1.29, 1.82) is 0 Å². The van der Waals surface area contributed by atoms with Gasteiger partial charge in [0.1, 0.15) is 29.9 Å². The first kappa shape index (κ1) is 34.0. The lowest BCUT2D eigenvalue weighted by Crippen LogP contribution is -2.54. The molecule has 0 aromatic heterocycles. The number of rotatable bonds is 14. The van der Waals surface area contributed by atoms with Gasteiger partial charge in [0.15, 0.2) is 0 Å². The summed E-state index contributed by atoms with van der Waals surface area (Å²) in [4.78, 5) is 29.5. The Labute approximate surface area is 269 Å². The summed E-state index contributed by atoms with van der Waals surface area (Å²) >= 11 is 0. The molecule has 1 atom stereocenters. The molecule has 0 heterocycles. The van der Waals surface area contributed by atoms with Crippen molar-refractivity contribution in [2.75, 3.05) is 25.1 Å². The van der Waals surface area contributed by atoms with Crippen LogP contribution in [0, 0.1) is 5.82 Å². The minimum absolute atomic E-state index is 0.0736. The van der Waals surface area contributed by atoms with Crippen LogP contribution in [0.5, 0.6) is 11.5 Å². The van der Waals surface area contributed by atoms with Crippen molar-refractivity contribution in [2.45, 2.75) is 43.8 Å². The first-order valence-electron chi connectivity index (χ1n) is 14.7. The summed E-state index contributed by atoms with van der Waals surface area (Å²) in [6, 6.07) is 25.9. The molecule has 11 heteroatoms. The predicted octanol–water partition coefficient (Wildman–Crippen LogP) is 5.20. The monoisotopic (exact) mass is 647 g/mol. The molecule has 0 saturated carbocycles. The van der Waals surface area contributed by atoms with Crippen LogP contribution in [0.25, 0.3) is 0 Å². The maximum absolute atomic E-state index is 14.5. The normalized spacial score (nSPS) is 11.9. The molecule has 0 aliphatic rings. The van der Waals surface area contributed by atoms with Crippen molar-refractivity contribution in [3.8, 4) is 11.5 Å². The van der Waals surface area contributed by atoms with Gasteiger partial charge in [-0.05, 0) is 73.5 Å². The van der Waals surface area contributed by atoms with Gasteiger partial charge in [-0.25, -0.2) is 12.8 Å². The Kier molecular flexibility index (Phi) is 11.4. The average Bonchev–Trinajstić information content (AvgIpc) is 3.06. The Morgan fingerprint density at radius 2 is 1.43 bits per heavy atom. The standard InChI is InChI=1S/C35H38FN3O6S/c1-25(2)37-35(41)32(22-26-10-6-5-7-11-26)38(23-27-14-16-28(36)17-15-27)34(40)24-39(31-12-8-9-13-33(31)45-4)46(42,43)30-20-18-29(44-3)19-21-30/h5-21,25,32H,22-24H2,1-4H3,(H,37,41)/t32-/m0/s1. The summed E-state index contributed by atoms with van der Waals surface area (Å²) < 4.78 is 54.0. The van der Waals surface area contributed by atoms with Gasteiger partial charge in [-0.15, -0.1) is 0 Å². The van der Waals surface area contributed by atoms with Crippen molar-refractivity contribution in [2.24, 2.45) is 0 Å². The maximum Gasteiger partial charge on any atom is 0.264 e. The van der Waals surface area contributed by atoms with Crippen LogP contribution in [0.15, 0.2) is 108 Å². The Bertz CT molecular complexity index is 1720. The second-order valence-electron chi connectivity index (χ2n) is 10.9. The number of para-hydroxylation sites is 2. The third kappa shape index (κ3) is 8.42. The van der Waals surface area contributed by atoms with Crippen LogP contribution >= 0.6 is 0 Å². The van der Waals surface area contributed by atoms with Gasteiger partial charge in [0.05, 0.1) is 24.8 Å². The highest BCUT2D eigenvalue weighted by Gasteiger charge is 2.35. The number of hydrogen-bond acceptors (Lipinski definition) is 6. The highest BCUT2D eigenvalue weighted by atomic mass is 32.2. The number of hydrogen-bond donors (Lipinski definition) is 1.